The number of aryl methyl sites for hydroxylation is 1. The van der Waals surface area contributed by atoms with Crippen molar-refractivity contribution in [3.05, 3.63) is 35.0 Å². The van der Waals surface area contributed by atoms with Crippen molar-refractivity contribution in [3.8, 4) is 11.6 Å². The van der Waals surface area contributed by atoms with Gasteiger partial charge in [-0.2, -0.15) is 4.98 Å². The van der Waals surface area contributed by atoms with E-state index < -0.39 is 0 Å². The van der Waals surface area contributed by atoms with Gasteiger partial charge in [0.25, 0.3) is 0 Å². The maximum Gasteiger partial charge on any atom is 0.223 e. The molecule has 1 heterocycles. The van der Waals surface area contributed by atoms with Crippen molar-refractivity contribution in [1.29, 1.82) is 0 Å². The number of ether oxygens (including phenoxy) is 1. The van der Waals surface area contributed by atoms with Crippen LogP contribution in [0.2, 0.25) is 5.02 Å². The average Bonchev–Trinajstić information content (AvgIpc) is 2.56. The number of aliphatic imine (C=N–C) groups is 1. The molecule has 1 aromatic heterocycles. The first-order valence-electron chi connectivity index (χ1n) is 8.11. The average molecular weight is 379 g/mol. The Morgan fingerprint density at radius 2 is 2.16 bits per heavy atom. The minimum atomic E-state index is 0.407. The van der Waals surface area contributed by atoms with Gasteiger partial charge < -0.3 is 9.64 Å². The summed E-state index contributed by atoms with van der Waals surface area (Å²) < 4.78 is 5.90. The molecule has 5 nitrogen and oxygen atoms in total. The summed E-state index contributed by atoms with van der Waals surface area (Å²) in [4.78, 5) is 15.1. The molecule has 0 unspecified atom stereocenters. The lowest BCUT2D eigenvalue weighted by Gasteiger charge is -2.12. The van der Waals surface area contributed by atoms with Gasteiger partial charge in [0.1, 0.15) is 5.75 Å². The minimum Gasteiger partial charge on any atom is -0.439 e. The van der Waals surface area contributed by atoms with Crippen LogP contribution in [-0.4, -0.2) is 40.0 Å². The third-order valence-electron chi connectivity index (χ3n) is 3.30. The first-order chi connectivity index (χ1) is 11.9. The molecular weight excluding hydrogens is 356 g/mol. The van der Waals surface area contributed by atoms with Crippen LogP contribution in [0.15, 0.2) is 34.5 Å². The molecule has 134 valence electrons. The molecule has 0 atom stereocenters. The number of hydrogen-bond acceptors (Lipinski definition) is 5. The van der Waals surface area contributed by atoms with E-state index in [-0.39, 0.29) is 0 Å². The molecule has 0 radical (unpaired) electrons. The molecule has 0 saturated heterocycles. The normalized spacial score (nSPS) is 11.3. The van der Waals surface area contributed by atoms with Gasteiger partial charge in [-0.15, -0.1) is 0 Å². The largest absolute Gasteiger partial charge is 0.439 e. The van der Waals surface area contributed by atoms with E-state index in [0.717, 1.165) is 12.1 Å². The molecule has 2 aromatic rings. The SMILES string of the molecule is CCN(C)C=Nc1cc(C)c(Oc2ccnc(SC(C)C)n2)cc1Cl. The zero-order valence-corrected chi connectivity index (χ0v) is 16.7. The minimum absolute atomic E-state index is 0.407. The monoisotopic (exact) mass is 378 g/mol. The van der Waals surface area contributed by atoms with Crippen LogP contribution in [0.5, 0.6) is 11.6 Å². The highest BCUT2D eigenvalue weighted by Crippen LogP contribution is 2.34. The summed E-state index contributed by atoms with van der Waals surface area (Å²) in [6.07, 6.45) is 3.46. The maximum atomic E-state index is 6.35. The number of nitrogens with zero attached hydrogens (tertiary/aromatic N) is 4. The van der Waals surface area contributed by atoms with Gasteiger partial charge in [0, 0.05) is 37.2 Å². The fourth-order valence-electron chi connectivity index (χ4n) is 1.86. The molecule has 0 saturated carbocycles. The lowest BCUT2D eigenvalue weighted by Crippen LogP contribution is -2.14. The summed E-state index contributed by atoms with van der Waals surface area (Å²) in [5, 5.41) is 1.64. The molecule has 0 bridgehead atoms. The van der Waals surface area contributed by atoms with Crippen molar-refractivity contribution in [2.24, 2.45) is 4.99 Å². The first kappa shape index (κ1) is 19.5. The smallest absolute Gasteiger partial charge is 0.223 e. The Labute approximate surface area is 158 Å². The number of rotatable bonds is 7. The molecule has 0 fully saturated rings. The number of thioether (sulfide) groups is 1. The Morgan fingerprint density at radius 1 is 1.40 bits per heavy atom. The van der Waals surface area contributed by atoms with Gasteiger partial charge in [0.05, 0.1) is 17.0 Å². The van der Waals surface area contributed by atoms with Crippen molar-refractivity contribution >= 4 is 35.4 Å². The zero-order chi connectivity index (χ0) is 18.4. The zero-order valence-electron chi connectivity index (χ0n) is 15.2. The second-order valence-corrected chi connectivity index (χ2v) is 7.78. The molecular formula is C18H23ClN4OS. The fraction of sp³-hybridized carbons (Fsp3) is 0.389. The third-order valence-corrected chi connectivity index (χ3v) is 4.48. The van der Waals surface area contributed by atoms with Gasteiger partial charge in [-0.3, -0.25) is 0 Å². The third kappa shape index (κ3) is 5.90. The lowest BCUT2D eigenvalue weighted by molar-refractivity contribution is 0.452. The number of aromatic nitrogens is 2. The van der Waals surface area contributed by atoms with E-state index in [4.69, 9.17) is 16.3 Å². The summed E-state index contributed by atoms with van der Waals surface area (Å²) in [6, 6.07) is 5.41. The van der Waals surface area contributed by atoms with Crippen LogP contribution in [-0.2, 0) is 0 Å². The number of hydrogen-bond donors (Lipinski definition) is 0. The highest BCUT2D eigenvalue weighted by molar-refractivity contribution is 7.99. The summed E-state index contributed by atoms with van der Waals surface area (Å²) in [6.45, 7) is 9.09. The van der Waals surface area contributed by atoms with E-state index in [1.807, 2.05) is 24.9 Å². The molecule has 25 heavy (non-hydrogen) atoms. The Balaban J connectivity index is 2.21. The predicted molar refractivity (Wildman–Crippen MR) is 106 cm³/mol. The van der Waals surface area contributed by atoms with Crippen LogP contribution < -0.4 is 4.74 Å². The Morgan fingerprint density at radius 3 is 2.84 bits per heavy atom. The van der Waals surface area contributed by atoms with E-state index in [0.29, 0.717) is 32.7 Å². The van der Waals surface area contributed by atoms with Crippen LogP contribution in [0, 0.1) is 6.92 Å². The maximum absolute atomic E-state index is 6.35. The van der Waals surface area contributed by atoms with E-state index in [9.17, 15) is 0 Å². The summed E-state index contributed by atoms with van der Waals surface area (Å²) in [5.41, 5.74) is 1.65. The molecule has 2 rings (SSSR count). The van der Waals surface area contributed by atoms with Gasteiger partial charge in [-0.25, -0.2) is 9.98 Å². The molecule has 1 aromatic carbocycles. The summed E-state index contributed by atoms with van der Waals surface area (Å²) >= 11 is 7.94. The van der Waals surface area contributed by atoms with Crippen LogP contribution in [0.4, 0.5) is 5.69 Å². The van der Waals surface area contributed by atoms with E-state index in [2.05, 4.69) is 35.7 Å². The second kappa shape index (κ2) is 9.06. The van der Waals surface area contributed by atoms with E-state index in [1.165, 1.54) is 0 Å². The molecule has 0 spiro atoms. The highest BCUT2D eigenvalue weighted by Gasteiger charge is 2.10. The molecule has 7 heteroatoms. The molecule has 0 amide bonds. The van der Waals surface area contributed by atoms with Crippen molar-refractivity contribution in [1.82, 2.24) is 14.9 Å². The van der Waals surface area contributed by atoms with E-state index in [1.54, 1.807) is 36.4 Å². The summed E-state index contributed by atoms with van der Waals surface area (Å²) in [7, 11) is 1.96. The summed E-state index contributed by atoms with van der Waals surface area (Å²) in [5.74, 6) is 1.16. The molecule has 0 N–H and O–H groups in total. The quantitative estimate of drug-likeness (QED) is 0.281. The first-order valence-corrected chi connectivity index (χ1v) is 9.37. The standard InChI is InChI=1S/C18H23ClN4OS/c1-6-23(5)11-21-15-9-13(4)16(10-14(15)19)24-17-7-8-20-18(22-17)25-12(2)3/h7-12H,6H2,1-5H3. The van der Waals surface area contributed by atoms with Gasteiger partial charge >= 0.3 is 0 Å². The van der Waals surface area contributed by atoms with Crippen molar-refractivity contribution in [2.45, 2.75) is 38.1 Å². The predicted octanol–water partition coefficient (Wildman–Crippen LogP) is 5.34. The van der Waals surface area contributed by atoms with Crippen LogP contribution in [0.1, 0.15) is 26.3 Å². The van der Waals surface area contributed by atoms with Crippen molar-refractivity contribution < 1.29 is 4.74 Å². The van der Waals surface area contributed by atoms with Gasteiger partial charge in [-0.1, -0.05) is 37.2 Å². The Hall–Kier alpha value is -1.79. The molecule has 0 aliphatic heterocycles. The Kier molecular flexibility index (Phi) is 7.08. The lowest BCUT2D eigenvalue weighted by atomic mass is 10.2. The van der Waals surface area contributed by atoms with Gasteiger partial charge in [-0.05, 0) is 25.5 Å². The van der Waals surface area contributed by atoms with Crippen LogP contribution in [0.3, 0.4) is 0 Å². The van der Waals surface area contributed by atoms with Crippen molar-refractivity contribution in [3.63, 3.8) is 0 Å². The highest BCUT2D eigenvalue weighted by atomic mass is 35.5. The number of halogens is 1. The Bertz CT molecular complexity index is 752. The fourth-order valence-corrected chi connectivity index (χ4v) is 2.75. The topological polar surface area (TPSA) is 50.6 Å². The number of benzene rings is 1. The van der Waals surface area contributed by atoms with Crippen molar-refractivity contribution in [2.75, 3.05) is 13.6 Å². The van der Waals surface area contributed by atoms with Crippen LogP contribution in [0.25, 0.3) is 0 Å². The molecule has 0 aliphatic carbocycles. The van der Waals surface area contributed by atoms with E-state index >= 15 is 0 Å². The second-order valence-electron chi connectivity index (χ2n) is 5.83. The van der Waals surface area contributed by atoms with Gasteiger partial charge in [0.2, 0.25) is 5.88 Å². The molecule has 0 aliphatic rings. The van der Waals surface area contributed by atoms with Crippen LogP contribution >= 0.6 is 23.4 Å². The van der Waals surface area contributed by atoms with Gasteiger partial charge in [0.15, 0.2) is 5.16 Å².